The quantitative estimate of drug-likeness (QED) is 0.177. The van der Waals surface area contributed by atoms with Crippen molar-refractivity contribution in [3.8, 4) is 0 Å². The molecular weight excluding hydrogens is 561 g/mol. The molecule has 4 aliphatic rings. The summed E-state index contributed by atoms with van der Waals surface area (Å²) in [7, 11) is 0. The molecule has 40 heavy (non-hydrogen) atoms. The molecule has 1 aliphatic heterocycles. The number of likely N-dealkylation sites (tertiary alicyclic amines) is 1. The number of aliphatic hydroxyl groups excluding tert-OH is 1. The van der Waals surface area contributed by atoms with Crippen molar-refractivity contribution in [1.82, 2.24) is 20.9 Å². The van der Waals surface area contributed by atoms with E-state index in [1.165, 1.54) is 4.90 Å². The second kappa shape index (κ2) is 12.0. The summed E-state index contributed by atoms with van der Waals surface area (Å²) in [6.45, 7) is 3.15. The standard InChI is InChI=1S/C27H41Cl2N5O6/c1-26(2,13-35)33-25(40)32-19(15-9-4-3-5-10-15)24(39)34-12-16-18(27(16,28)29)20(34)23(38)31-17(21(36)22(30)37)11-14-7-6-8-14/h14-20,35H,3-13H2,1-2H3,(H2,30,37)(H,31,38)(H2,32,33,40)/t16-,17?,18-,19-,20-/m0/s1. The van der Waals surface area contributed by atoms with Crippen molar-refractivity contribution in [2.45, 2.75) is 99.6 Å². The summed E-state index contributed by atoms with van der Waals surface area (Å²) < 4.78 is -1.20. The van der Waals surface area contributed by atoms with Gasteiger partial charge in [0.25, 0.3) is 5.91 Å². The first-order valence-electron chi connectivity index (χ1n) is 14.3. The second-order valence-electron chi connectivity index (χ2n) is 12.6. The summed E-state index contributed by atoms with van der Waals surface area (Å²) in [5.41, 5.74) is 4.37. The van der Waals surface area contributed by atoms with Gasteiger partial charge in [-0.1, -0.05) is 38.5 Å². The summed E-state index contributed by atoms with van der Waals surface area (Å²) in [6.07, 6.45) is 7.45. The number of halogens is 2. The monoisotopic (exact) mass is 601 g/mol. The number of ketones is 1. The van der Waals surface area contributed by atoms with Gasteiger partial charge < -0.3 is 31.7 Å². The van der Waals surface area contributed by atoms with Gasteiger partial charge in [-0.05, 0) is 44.9 Å². The van der Waals surface area contributed by atoms with Crippen LogP contribution >= 0.6 is 23.2 Å². The number of nitrogens with two attached hydrogens (primary N) is 1. The van der Waals surface area contributed by atoms with E-state index in [2.05, 4.69) is 16.0 Å². The minimum absolute atomic E-state index is 0.125. The molecule has 0 aromatic carbocycles. The van der Waals surface area contributed by atoms with Crippen LogP contribution in [-0.4, -0.2) is 80.7 Å². The van der Waals surface area contributed by atoms with Crippen LogP contribution in [0.3, 0.4) is 0 Å². The van der Waals surface area contributed by atoms with Crippen molar-refractivity contribution >= 4 is 52.7 Å². The number of hydrogen-bond acceptors (Lipinski definition) is 6. The summed E-state index contributed by atoms with van der Waals surface area (Å²) >= 11 is 13.0. The predicted molar refractivity (Wildman–Crippen MR) is 148 cm³/mol. The molecule has 3 aliphatic carbocycles. The van der Waals surface area contributed by atoms with Crippen molar-refractivity contribution in [2.24, 2.45) is 29.4 Å². The van der Waals surface area contributed by atoms with Crippen LogP contribution in [0.15, 0.2) is 0 Å². The smallest absolute Gasteiger partial charge is 0.315 e. The fourth-order valence-electron chi connectivity index (χ4n) is 6.41. The van der Waals surface area contributed by atoms with Crippen LogP contribution in [0.5, 0.6) is 0 Å². The SMILES string of the molecule is CC(C)(CO)NC(=O)N[C@H](C(=O)N1C[C@H]2[C@@H]([C@H]1C(=O)NC(CC1CCC1)C(=O)C(N)=O)C2(Cl)Cl)C1CCCCC1. The topological polar surface area (TPSA) is 171 Å². The number of fused-ring (bicyclic) bond motifs is 1. The Morgan fingerprint density at radius 2 is 1.68 bits per heavy atom. The maximum Gasteiger partial charge on any atom is 0.315 e. The Morgan fingerprint density at radius 1 is 1.02 bits per heavy atom. The number of rotatable bonds is 11. The fourth-order valence-corrected chi connectivity index (χ4v) is 7.23. The summed E-state index contributed by atoms with van der Waals surface area (Å²) in [4.78, 5) is 66.4. The molecule has 3 saturated carbocycles. The highest BCUT2D eigenvalue weighted by atomic mass is 35.5. The van der Waals surface area contributed by atoms with Gasteiger partial charge in [0.05, 0.1) is 18.2 Å². The Bertz CT molecular complexity index is 1030. The molecule has 5 amide bonds. The average Bonchev–Trinajstić information content (AvgIpc) is 3.20. The minimum Gasteiger partial charge on any atom is -0.394 e. The number of Topliss-reactive ketones (excluding diaryl/α,β-unsaturated/α-hetero) is 1. The lowest BCUT2D eigenvalue weighted by molar-refractivity contribution is -0.144. The largest absolute Gasteiger partial charge is 0.394 e. The normalized spacial score (nSPS) is 27.5. The van der Waals surface area contributed by atoms with Gasteiger partial charge in [-0.3, -0.25) is 19.2 Å². The summed E-state index contributed by atoms with van der Waals surface area (Å²) in [5, 5.41) is 17.8. The highest BCUT2D eigenvalue weighted by Crippen LogP contribution is 2.65. The molecule has 13 heteroatoms. The molecule has 0 bridgehead atoms. The summed E-state index contributed by atoms with van der Waals surface area (Å²) in [6, 6.07) is -3.66. The van der Waals surface area contributed by atoms with E-state index < -0.39 is 63.5 Å². The molecule has 0 aromatic heterocycles. The first-order valence-corrected chi connectivity index (χ1v) is 15.0. The minimum atomic E-state index is -1.20. The van der Waals surface area contributed by atoms with Gasteiger partial charge in [0.2, 0.25) is 17.6 Å². The molecule has 0 aromatic rings. The number of urea groups is 1. The number of alkyl halides is 2. The Morgan fingerprint density at radius 3 is 2.23 bits per heavy atom. The predicted octanol–water partition coefficient (Wildman–Crippen LogP) is 1.37. The van der Waals surface area contributed by atoms with Gasteiger partial charge in [0.1, 0.15) is 16.4 Å². The Labute approximate surface area is 244 Å². The number of carbonyl (C=O) groups is 5. The van der Waals surface area contributed by atoms with E-state index in [-0.39, 0.29) is 30.9 Å². The second-order valence-corrected chi connectivity index (χ2v) is 14.0. The molecule has 11 nitrogen and oxygen atoms in total. The van der Waals surface area contributed by atoms with E-state index in [0.29, 0.717) is 6.42 Å². The Kier molecular flexibility index (Phi) is 9.26. The maximum absolute atomic E-state index is 14.1. The van der Waals surface area contributed by atoms with E-state index in [1.807, 2.05) is 0 Å². The van der Waals surface area contributed by atoms with E-state index in [1.54, 1.807) is 13.8 Å². The lowest BCUT2D eigenvalue weighted by atomic mass is 9.80. The lowest BCUT2D eigenvalue weighted by Gasteiger charge is -2.37. The van der Waals surface area contributed by atoms with Gasteiger partial charge in [-0.15, -0.1) is 23.2 Å². The van der Waals surface area contributed by atoms with Gasteiger partial charge in [0, 0.05) is 18.4 Å². The van der Waals surface area contributed by atoms with Crippen molar-refractivity contribution in [3.05, 3.63) is 0 Å². The van der Waals surface area contributed by atoms with Crippen LogP contribution in [0.25, 0.3) is 0 Å². The number of primary amides is 1. The molecule has 4 fully saturated rings. The number of piperidine rings is 1. The molecule has 0 radical (unpaired) electrons. The van der Waals surface area contributed by atoms with E-state index in [4.69, 9.17) is 28.9 Å². The summed E-state index contributed by atoms with van der Waals surface area (Å²) in [5.74, 6) is -3.88. The molecule has 1 unspecified atom stereocenters. The van der Waals surface area contributed by atoms with Gasteiger partial charge in [0.15, 0.2) is 0 Å². The third kappa shape index (κ3) is 6.51. The van der Waals surface area contributed by atoms with Gasteiger partial charge in [-0.25, -0.2) is 4.79 Å². The van der Waals surface area contributed by atoms with Crippen molar-refractivity contribution in [2.75, 3.05) is 13.2 Å². The molecule has 0 spiro atoms. The van der Waals surface area contributed by atoms with E-state index in [0.717, 1.165) is 51.4 Å². The number of hydrogen-bond donors (Lipinski definition) is 5. The van der Waals surface area contributed by atoms with Crippen molar-refractivity contribution in [3.63, 3.8) is 0 Å². The first kappa shape index (κ1) is 30.8. The lowest BCUT2D eigenvalue weighted by Crippen LogP contribution is -2.61. The molecule has 1 heterocycles. The van der Waals surface area contributed by atoms with Crippen LogP contribution in [0.2, 0.25) is 0 Å². The number of nitrogens with zero attached hydrogens (tertiary/aromatic N) is 1. The van der Waals surface area contributed by atoms with Crippen LogP contribution in [0.4, 0.5) is 4.79 Å². The van der Waals surface area contributed by atoms with E-state index >= 15 is 0 Å². The number of carbonyl (C=O) groups excluding carboxylic acids is 5. The first-order chi connectivity index (χ1) is 18.8. The number of amides is 5. The Hall–Kier alpha value is -2.11. The van der Waals surface area contributed by atoms with Crippen molar-refractivity contribution in [1.29, 1.82) is 0 Å². The number of nitrogens with one attached hydrogen (secondary N) is 3. The maximum atomic E-state index is 14.1. The fraction of sp³-hybridized carbons (Fsp3) is 0.815. The number of aliphatic hydroxyl groups is 1. The molecule has 224 valence electrons. The molecule has 4 rings (SSSR count). The zero-order chi connectivity index (χ0) is 29.4. The van der Waals surface area contributed by atoms with Crippen molar-refractivity contribution < 1.29 is 29.1 Å². The highest BCUT2D eigenvalue weighted by Gasteiger charge is 2.74. The van der Waals surface area contributed by atoms with Crippen LogP contribution in [0, 0.1) is 23.7 Å². The van der Waals surface area contributed by atoms with E-state index in [9.17, 15) is 29.1 Å². The average molecular weight is 603 g/mol. The van der Waals surface area contributed by atoms with Crippen LogP contribution in [0.1, 0.15) is 71.6 Å². The third-order valence-electron chi connectivity index (χ3n) is 9.07. The molecule has 5 atom stereocenters. The molecular formula is C27H41Cl2N5O6. The zero-order valence-electron chi connectivity index (χ0n) is 23.1. The third-order valence-corrected chi connectivity index (χ3v) is 10.1. The van der Waals surface area contributed by atoms with Crippen LogP contribution in [-0.2, 0) is 19.2 Å². The highest BCUT2D eigenvalue weighted by molar-refractivity contribution is 6.51. The molecule has 6 N–H and O–H groups in total. The Balaban J connectivity index is 1.55. The zero-order valence-corrected chi connectivity index (χ0v) is 24.6. The van der Waals surface area contributed by atoms with Gasteiger partial charge >= 0.3 is 6.03 Å². The van der Waals surface area contributed by atoms with Crippen LogP contribution < -0.4 is 21.7 Å². The molecule has 1 saturated heterocycles. The van der Waals surface area contributed by atoms with Gasteiger partial charge in [-0.2, -0.15) is 0 Å².